The van der Waals surface area contributed by atoms with Crippen LogP contribution in [0, 0.1) is 0 Å². The largest absolute Gasteiger partial charge is 0.377 e. The van der Waals surface area contributed by atoms with Crippen molar-refractivity contribution in [3.05, 3.63) is 23.3 Å². The minimum absolute atomic E-state index is 0.235. The molecular weight excluding hydrogens is 228 g/mol. The smallest absolute Gasteiger partial charge is 0.224 e. The van der Waals surface area contributed by atoms with Gasteiger partial charge in [-0.15, -0.1) is 0 Å². The minimum atomic E-state index is 0.235. The number of rotatable bonds is 1. The highest BCUT2D eigenvalue weighted by Gasteiger charge is 2.14. The Balaban J connectivity index is 2.21. The van der Waals surface area contributed by atoms with Crippen LogP contribution in [0.3, 0.4) is 0 Å². The van der Waals surface area contributed by atoms with Gasteiger partial charge in [-0.05, 0) is 23.6 Å². The maximum Gasteiger partial charge on any atom is 0.224 e. The number of H-pyrrole nitrogens is 1. The third-order valence-electron chi connectivity index (χ3n) is 2.55. The van der Waals surface area contributed by atoms with Crippen molar-refractivity contribution in [3.8, 4) is 0 Å². The molecule has 1 aliphatic heterocycles. The van der Waals surface area contributed by atoms with E-state index in [0.29, 0.717) is 18.9 Å². The lowest BCUT2D eigenvalue weighted by Crippen LogP contribution is -2.05. The molecule has 16 heavy (non-hydrogen) atoms. The summed E-state index contributed by atoms with van der Waals surface area (Å²) in [6.45, 7) is 1.34. The van der Waals surface area contributed by atoms with Gasteiger partial charge in [-0.3, -0.25) is 5.10 Å². The number of ether oxygens (including phenoxy) is 1. The molecule has 0 saturated carbocycles. The number of hydrogen-bond donors (Lipinski definition) is 1. The molecule has 82 valence electrons. The van der Waals surface area contributed by atoms with E-state index >= 15 is 0 Å². The van der Waals surface area contributed by atoms with Crippen molar-refractivity contribution in [2.24, 2.45) is 0 Å². The highest BCUT2D eigenvalue weighted by molar-refractivity contribution is 6.28. The van der Waals surface area contributed by atoms with E-state index in [2.05, 4.69) is 20.2 Å². The third kappa shape index (κ3) is 1.58. The van der Waals surface area contributed by atoms with Crippen LogP contribution in [0.15, 0.2) is 12.3 Å². The molecule has 0 atom stereocenters. The normalized spacial score (nSPS) is 16.4. The molecule has 0 saturated heterocycles. The molecule has 3 rings (SSSR count). The van der Waals surface area contributed by atoms with Gasteiger partial charge < -0.3 is 4.74 Å². The Hall–Kier alpha value is -1.46. The maximum atomic E-state index is 5.87. The quantitative estimate of drug-likeness (QED) is 0.767. The van der Waals surface area contributed by atoms with Crippen molar-refractivity contribution >= 4 is 28.2 Å². The van der Waals surface area contributed by atoms with Gasteiger partial charge in [0.1, 0.15) is 0 Å². The van der Waals surface area contributed by atoms with E-state index in [-0.39, 0.29) is 5.28 Å². The van der Waals surface area contributed by atoms with E-state index in [1.165, 1.54) is 0 Å². The first-order valence-corrected chi connectivity index (χ1v) is 5.36. The molecule has 2 aromatic rings. The molecule has 1 aliphatic rings. The SMILES string of the molecule is Clc1nc(C2=CCOCC2)c2cn[nH]c2n1. The van der Waals surface area contributed by atoms with Gasteiger partial charge in [-0.1, -0.05) is 6.08 Å². The van der Waals surface area contributed by atoms with Gasteiger partial charge in [0.05, 0.1) is 30.5 Å². The molecule has 3 heterocycles. The van der Waals surface area contributed by atoms with Crippen molar-refractivity contribution in [2.75, 3.05) is 13.2 Å². The number of hydrogen-bond acceptors (Lipinski definition) is 4. The van der Waals surface area contributed by atoms with Gasteiger partial charge in [0.2, 0.25) is 5.28 Å². The highest BCUT2D eigenvalue weighted by atomic mass is 35.5. The number of nitrogens with zero attached hydrogens (tertiary/aromatic N) is 3. The Morgan fingerprint density at radius 3 is 3.12 bits per heavy atom. The number of aromatic nitrogens is 4. The van der Waals surface area contributed by atoms with Gasteiger partial charge in [-0.25, -0.2) is 4.98 Å². The van der Waals surface area contributed by atoms with E-state index in [1.54, 1.807) is 6.20 Å². The molecule has 2 aromatic heterocycles. The average molecular weight is 237 g/mol. The van der Waals surface area contributed by atoms with E-state index < -0.39 is 0 Å². The molecule has 6 heteroatoms. The zero-order valence-electron chi connectivity index (χ0n) is 8.40. The fraction of sp³-hybridized carbons (Fsp3) is 0.300. The number of nitrogens with one attached hydrogen (secondary N) is 1. The van der Waals surface area contributed by atoms with Crippen LogP contribution >= 0.6 is 11.6 Å². The van der Waals surface area contributed by atoms with Crippen LogP contribution in [0.4, 0.5) is 0 Å². The topological polar surface area (TPSA) is 63.7 Å². The molecule has 1 N–H and O–H groups in total. The standard InChI is InChI=1S/C10H9ClN4O/c11-10-13-8(6-1-3-16-4-2-6)7-5-12-15-9(7)14-10/h1,5H,2-4H2,(H,12,13,14,15). The summed E-state index contributed by atoms with van der Waals surface area (Å²) < 4.78 is 5.27. The second kappa shape index (κ2) is 3.84. The first-order valence-electron chi connectivity index (χ1n) is 4.98. The zero-order chi connectivity index (χ0) is 11.0. The molecule has 0 aromatic carbocycles. The van der Waals surface area contributed by atoms with Crippen LogP contribution in [0.5, 0.6) is 0 Å². The summed E-state index contributed by atoms with van der Waals surface area (Å²) in [5, 5.41) is 7.88. The summed E-state index contributed by atoms with van der Waals surface area (Å²) in [7, 11) is 0. The van der Waals surface area contributed by atoms with Crippen LogP contribution in [0.2, 0.25) is 5.28 Å². The summed E-state index contributed by atoms with van der Waals surface area (Å²) in [5.41, 5.74) is 2.66. The van der Waals surface area contributed by atoms with Crippen LogP contribution in [0.1, 0.15) is 12.1 Å². The second-order valence-corrected chi connectivity index (χ2v) is 3.87. The molecule has 0 spiro atoms. The van der Waals surface area contributed by atoms with E-state index in [9.17, 15) is 0 Å². The average Bonchev–Trinajstić information content (AvgIpc) is 2.77. The Kier molecular flexibility index (Phi) is 2.34. The Labute approximate surface area is 96.5 Å². The molecule has 0 bridgehead atoms. The fourth-order valence-corrected chi connectivity index (χ4v) is 1.96. The van der Waals surface area contributed by atoms with Gasteiger partial charge in [0.25, 0.3) is 0 Å². The predicted molar refractivity (Wildman–Crippen MR) is 60.1 cm³/mol. The highest BCUT2D eigenvalue weighted by Crippen LogP contribution is 2.26. The first kappa shape index (κ1) is 9.74. The van der Waals surface area contributed by atoms with Crippen molar-refractivity contribution in [1.29, 1.82) is 0 Å². The summed E-state index contributed by atoms with van der Waals surface area (Å²) in [4.78, 5) is 8.34. The molecule has 0 aliphatic carbocycles. The van der Waals surface area contributed by atoms with Crippen molar-refractivity contribution < 1.29 is 4.74 Å². The van der Waals surface area contributed by atoms with E-state index in [0.717, 1.165) is 23.1 Å². The van der Waals surface area contributed by atoms with Crippen LogP contribution < -0.4 is 0 Å². The molecule has 0 radical (unpaired) electrons. The van der Waals surface area contributed by atoms with Crippen LogP contribution in [-0.4, -0.2) is 33.4 Å². The van der Waals surface area contributed by atoms with Crippen LogP contribution in [-0.2, 0) is 4.74 Å². The number of fused-ring (bicyclic) bond motifs is 1. The lowest BCUT2D eigenvalue weighted by molar-refractivity contribution is 0.161. The summed E-state index contributed by atoms with van der Waals surface area (Å²) in [5.74, 6) is 0. The third-order valence-corrected chi connectivity index (χ3v) is 2.72. The van der Waals surface area contributed by atoms with E-state index in [4.69, 9.17) is 16.3 Å². The Morgan fingerprint density at radius 1 is 1.38 bits per heavy atom. The van der Waals surface area contributed by atoms with Gasteiger partial charge in [0, 0.05) is 0 Å². The summed E-state index contributed by atoms with van der Waals surface area (Å²) in [6.07, 6.45) is 4.58. The van der Waals surface area contributed by atoms with Crippen LogP contribution in [0.25, 0.3) is 16.6 Å². The predicted octanol–water partition coefficient (Wildman–Crippen LogP) is 1.81. The Bertz CT molecular complexity index is 563. The number of halogens is 1. The molecule has 0 fully saturated rings. The Morgan fingerprint density at radius 2 is 2.31 bits per heavy atom. The second-order valence-electron chi connectivity index (χ2n) is 3.53. The molecule has 0 amide bonds. The van der Waals surface area contributed by atoms with Gasteiger partial charge in [0.15, 0.2) is 5.65 Å². The van der Waals surface area contributed by atoms with Gasteiger partial charge >= 0.3 is 0 Å². The lowest BCUT2D eigenvalue weighted by atomic mass is 10.1. The van der Waals surface area contributed by atoms with Gasteiger partial charge in [-0.2, -0.15) is 10.1 Å². The minimum Gasteiger partial charge on any atom is -0.377 e. The summed E-state index contributed by atoms with van der Waals surface area (Å²) in [6, 6.07) is 0. The van der Waals surface area contributed by atoms with Crippen molar-refractivity contribution in [2.45, 2.75) is 6.42 Å². The zero-order valence-corrected chi connectivity index (χ0v) is 9.16. The lowest BCUT2D eigenvalue weighted by Gasteiger charge is -2.13. The maximum absolute atomic E-state index is 5.87. The molecular formula is C10H9ClN4O. The summed E-state index contributed by atoms with van der Waals surface area (Å²) >= 11 is 5.87. The fourth-order valence-electron chi connectivity index (χ4n) is 1.79. The first-order chi connectivity index (χ1) is 7.84. The monoisotopic (exact) mass is 236 g/mol. The van der Waals surface area contributed by atoms with Crippen molar-refractivity contribution in [3.63, 3.8) is 0 Å². The van der Waals surface area contributed by atoms with Crippen molar-refractivity contribution in [1.82, 2.24) is 20.2 Å². The number of aromatic amines is 1. The van der Waals surface area contributed by atoms with E-state index in [1.807, 2.05) is 6.08 Å². The molecule has 5 nitrogen and oxygen atoms in total. The molecule has 0 unspecified atom stereocenters.